The zero-order chi connectivity index (χ0) is 13.7. The summed E-state index contributed by atoms with van der Waals surface area (Å²) in [6.07, 6.45) is 8.79. The first-order valence-electron chi connectivity index (χ1n) is 7.91. The maximum absolute atomic E-state index is 4.65. The summed E-state index contributed by atoms with van der Waals surface area (Å²) in [5.74, 6) is 1.72. The minimum atomic E-state index is 0.448. The Kier molecular flexibility index (Phi) is 5.38. The second-order valence-electron chi connectivity index (χ2n) is 5.93. The van der Waals surface area contributed by atoms with E-state index >= 15 is 0 Å². The van der Waals surface area contributed by atoms with Crippen LogP contribution >= 0.6 is 0 Å². The molecule has 0 bridgehead atoms. The minimum Gasteiger partial charge on any atom is -0.309 e. The van der Waals surface area contributed by atoms with Crippen molar-refractivity contribution in [2.45, 2.75) is 58.9 Å². The molecule has 106 valence electrons. The summed E-state index contributed by atoms with van der Waals surface area (Å²) in [4.78, 5) is 4.65. The Morgan fingerprint density at radius 2 is 2.00 bits per heavy atom. The van der Waals surface area contributed by atoms with Gasteiger partial charge in [0.1, 0.15) is 0 Å². The van der Waals surface area contributed by atoms with Crippen LogP contribution in [0.4, 0.5) is 0 Å². The number of hydrogen-bond acceptors (Lipinski definition) is 2. The zero-order valence-electron chi connectivity index (χ0n) is 12.7. The highest BCUT2D eigenvalue weighted by Gasteiger charge is 2.28. The van der Waals surface area contributed by atoms with E-state index in [-0.39, 0.29) is 0 Å². The molecule has 0 spiro atoms. The second-order valence-corrected chi connectivity index (χ2v) is 5.93. The number of aromatic nitrogens is 1. The molecule has 0 aliphatic heterocycles. The fourth-order valence-corrected chi connectivity index (χ4v) is 3.46. The smallest absolute Gasteiger partial charge is 0.0605 e. The number of hydrogen-bond donors (Lipinski definition) is 1. The molecule has 1 aliphatic rings. The van der Waals surface area contributed by atoms with Gasteiger partial charge in [0.25, 0.3) is 0 Å². The summed E-state index contributed by atoms with van der Waals surface area (Å²) < 4.78 is 0. The summed E-state index contributed by atoms with van der Waals surface area (Å²) in [7, 11) is 0. The Balaban J connectivity index is 2.10. The first-order valence-corrected chi connectivity index (χ1v) is 7.91. The summed E-state index contributed by atoms with van der Waals surface area (Å²) in [6, 6.07) is 4.67. The molecule has 1 aliphatic carbocycles. The molecule has 1 heterocycles. The maximum Gasteiger partial charge on any atom is 0.0605 e. The van der Waals surface area contributed by atoms with Crippen molar-refractivity contribution in [3.8, 4) is 0 Å². The minimum absolute atomic E-state index is 0.448. The molecule has 19 heavy (non-hydrogen) atoms. The first-order chi connectivity index (χ1) is 9.26. The molecule has 0 amide bonds. The van der Waals surface area contributed by atoms with E-state index in [4.69, 9.17) is 0 Å². The van der Waals surface area contributed by atoms with Crippen LogP contribution in [0.5, 0.6) is 0 Å². The molecule has 0 radical (unpaired) electrons. The third kappa shape index (κ3) is 3.56. The molecular weight excluding hydrogens is 232 g/mol. The quantitative estimate of drug-likeness (QED) is 0.855. The van der Waals surface area contributed by atoms with Gasteiger partial charge < -0.3 is 5.32 Å². The third-order valence-electron chi connectivity index (χ3n) is 4.71. The molecule has 1 saturated carbocycles. The highest BCUT2D eigenvalue weighted by atomic mass is 14.9. The predicted octanol–water partition coefficient (Wildman–Crippen LogP) is 4.26. The van der Waals surface area contributed by atoms with Crippen molar-refractivity contribution in [1.29, 1.82) is 0 Å². The molecule has 1 N–H and O–H groups in total. The number of rotatable bonds is 5. The first kappa shape index (κ1) is 14.5. The Morgan fingerprint density at radius 1 is 1.26 bits per heavy atom. The summed E-state index contributed by atoms with van der Waals surface area (Å²) in [5, 5.41) is 3.68. The lowest BCUT2D eigenvalue weighted by Gasteiger charge is -2.34. The molecule has 1 unspecified atom stereocenters. The number of nitrogens with zero attached hydrogens (tertiary/aromatic N) is 1. The highest BCUT2D eigenvalue weighted by Crippen LogP contribution is 2.38. The molecule has 2 nitrogen and oxygen atoms in total. The lowest BCUT2D eigenvalue weighted by Crippen LogP contribution is -2.32. The van der Waals surface area contributed by atoms with Crippen molar-refractivity contribution < 1.29 is 0 Å². The van der Waals surface area contributed by atoms with Gasteiger partial charge in [0.2, 0.25) is 0 Å². The van der Waals surface area contributed by atoms with E-state index < -0.39 is 0 Å². The van der Waals surface area contributed by atoms with E-state index in [1.54, 1.807) is 0 Å². The molecular formula is C17H28N2. The maximum atomic E-state index is 4.65. The van der Waals surface area contributed by atoms with E-state index in [2.05, 4.69) is 37.1 Å². The standard InChI is InChI=1S/C17H28N2/c1-4-14-8-10-15(11-9-14)17(18-5-2)16-13(3)7-6-12-19-16/h6-7,12,14-15,17-18H,4-5,8-11H2,1-3H3. The van der Waals surface area contributed by atoms with Crippen LogP contribution in [0, 0.1) is 18.8 Å². The molecule has 1 aromatic rings. The van der Waals surface area contributed by atoms with Gasteiger partial charge in [-0.2, -0.15) is 0 Å². The van der Waals surface area contributed by atoms with Crippen molar-refractivity contribution in [3.63, 3.8) is 0 Å². The van der Waals surface area contributed by atoms with Crippen LogP contribution in [0.15, 0.2) is 18.3 Å². The zero-order valence-corrected chi connectivity index (χ0v) is 12.7. The molecule has 0 saturated heterocycles. The fraction of sp³-hybridized carbons (Fsp3) is 0.706. The van der Waals surface area contributed by atoms with Gasteiger partial charge >= 0.3 is 0 Å². The topological polar surface area (TPSA) is 24.9 Å². The van der Waals surface area contributed by atoms with Crippen LogP contribution in [0.3, 0.4) is 0 Å². The Hall–Kier alpha value is -0.890. The number of nitrogens with one attached hydrogen (secondary N) is 1. The van der Waals surface area contributed by atoms with Crippen molar-refractivity contribution >= 4 is 0 Å². The molecule has 0 aromatic carbocycles. The average Bonchev–Trinajstić information content (AvgIpc) is 2.46. The van der Waals surface area contributed by atoms with Gasteiger partial charge in [-0.1, -0.05) is 39.2 Å². The van der Waals surface area contributed by atoms with Crippen molar-refractivity contribution in [3.05, 3.63) is 29.6 Å². The molecule has 2 rings (SSSR count). The lowest BCUT2D eigenvalue weighted by molar-refractivity contribution is 0.217. The van der Waals surface area contributed by atoms with Gasteiger partial charge in [0.15, 0.2) is 0 Å². The van der Waals surface area contributed by atoms with E-state index in [1.807, 2.05) is 12.3 Å². The van der Waals surface area contributed by atoms with Crippen LogP contribution in [0.25, 0.3) is 0 Å². The van der Waals surface area contributed by atoms with Crippen LogP contribution < -0.4 is 5.32 Å². The van der Waals surface area contributed by atoms with Crippen LogP contribution in [-0.2, 0) is 0 Å². The normalized spacial score (nSPS) is 25.2. The van der Waals surface area contributed by atoms with Crippen LogP contribution in [0.1, 0.15) is 63.3 Å². The number of pyridine rings is 1. The van der Waals surface area contributed by atoms with Gasteiger partial charge in [-0.3, -0.25) is 4.98 Å². The largest absolute Gasteiger partial charge is 0.309 e. The van der Waals surface area contributed by atoms with Crippen molar-refractivity contribution in [2.75, 3.05) is 6.54 Å². The summed E-state index contributed by atoms with van der Waals surface area (Å²) >= 11 is 0. The monoisotopic (exact) mass is 260 g/mol. The van der Waals surface area contributed by atoms with Gasteiger partial charge in [-0.15, -0.1) is 0 Å². The van der Waals surface area contributed by atoms with Crippen LogP contribution in [0.2, 0.25) is 0 Å². The fourth-order valence-electron chi connectivity index (χ4n) is 3.46. The van der Waals surface area contributed by atoms with Crippen molar-refractivity contribution in [1.82, 2.24) is 10.3 Å². The Labute approximate surface area is 118 Å². The third-order valence-corrected chi connectivity index (χ3v) is 4.71. The number of aryl methyl sites for hydroxylation is 1. The van der Waals surface area contributed by atoms with E-state index in [0.29, 0.717) is 6.04 Å². The van der Waals surface area contributed by atoms with Gasteiger partial charge in [-0.05, 0) is 49.8 Å². The molecule has 1 atom stereocenters. The second kappa shape index (κ2) is 7.04. The molecule has 1 fully saturated rings. The van der Waals surface area contributed by atoms with E-state index in [9.17, 15) is 0 Å². The van der Waals surface area contributed by atoms with Crippen molar-refractivity contribution in [2.24, 2.45) is 11.8 Å². The highest BCUT2D eigenvalue weighted by molar-refractivity contribution is 5.22. The predicted molar refractivity (Wildman–Crippen MR) is 81.1 cm³/mol. The molecule has 2 heteroatoms. The summed E-state index contributed by atoms with van der Waals surface area (Å²) in [6.45, 7) is 7.73. The van der Waals surface area contributed by atoms with Gasteiger partial charge in [-0.25, -0.2) is 0 Å². The molecule has 1 aromatic heterocycles. The lowest BCUT2D eigenvalue weighted by atomic mass is 9.76. The SMILES string of the molecule is CCNC(c1ncccc1C)C1CCC(CC)CC1. The van der Waals surface area contributed by atoms with E-state index in [0.717, 1.165) is 18.4 Å². The summed E-state index contributed by atoms with van der Waals surface area (Å²) in [5.41, 5.74) is 2.59. The van der Waals surface area contributed by atoms with E-state index in [1.165, 1.54) is 43.4 Å². The van der Waals surface area contributed by atoms with Gasteiger partial charge in [0.05, 0.1) is 11.7 Å². The Bertz CT molecular complexity index is 381. The van der Waals surface area contributed by atoms with Crippen LogP contribution in [-0.4, -0.2) is 11.5 Å². The van der Waals surface area contributed by atoms with Gasteiger partial charge in [0, 0.05) is 6.20 Å². The Morgan fingerprint density at radius 3 is 2.58 bits per heavy atom. The average molecular weight is 260 g/mol.